The molecule has 1 amide bonds. The lowest BCUT2D eigenvalue weighted by Gasteiger charge is -2.25. The lowest BCUT2D eigenvalue weighted by molar-refractivity contribution is -0.114. The molecule has 0 spiro atoms. The van der Waals surface area contributed by atoms with Crippen molar-refractivity contribution in [3.63, 3.8) is 0 Å². The van der Waals surface area contributed by atoms with E-state index in [9.17, 15) is 13.2 Å². The van der Waals surface area contributed by atoms with E-state index in [2.05, 4.69) is 5.32 Å². The number of halogens is 1. The van der Waals surface area contributed by atoms with E-state index in [0.29, 0.717) is 22.1 Å². The molecule has 0 atom stereocenters. The fraction of sp³-hybridized carbons (Fsp3) is 0.208. The highest BCUT2D eigenvalue weighted by atomic mass is 35.5. The number of nitrogens with zero attached hydrogens (tertiary/aromatic N) is 1. The molecule has 174 valence electrons. The second-order valence-electron chi connectivity index (χ2n) is 7.40. The van der Waals surface area contributed by atoms with Crippen LogP contribution in [0.15, 0.2) is 65.6 Å². The van der Waals surface area contributed by atoms with Gasteiger partial charge in [0.15, 0.2) is 11.5 Å². The number of anilines is 2. The number of nitrogens with one attached hydrogen (secondary N) is 1. The summed E-state index contributed by atoms with van der Waals surface area (Å²) in [6, 6.07) is 16.4. The topological polar surface area (TPSA) is 84.9 Å². The van der Waals surface area contributed by atoms with E-state index < -0.39 is 22.5 Å². The minimum absolute atomic E-state index is 0.0372. The van der Waals surface area contributed by atoms with Crippen LogP contribution in [0.4, 0.5) is 11.4 Å². The van der Waals surface area contributed by atoms with Gasteiger partial charge in [-0.05, 0) is 61.4 Å². The van der Waals surface area contributed by atoms with Crippen molar-refractivity contribution in [3.8, 4) is 11.5 Å². The van der Waals surface area contributed by atoms with Crippen molar-refractivity contribution in [2.24, 2.45) is 0 Å². The fourth-order valence-electron chi connectivity index (χ4n) is 3.40. The number of aryl methyl sites for hydroxylation is 2. The zero-order valence-electron chi connectivity index (χ0n) is 18.8. The quantitative estimate of drug-likeness (QED) is 0.492. The van der Waals surface area contributed by atoms with Gasteiger partial charge in [-0.25, -0.2) is 8.42 Å². The predicted octanol–water partition coefficient (Wildman–Crippen LogP) is 4.81. The molecular formula is C24H25ClN2O5S. The van der Waals surface area contributed by atoms with Crippen LogP contribution in [-0.4, -0.2) is 35.1 Å². The predicted molar refractivity (Wildman–Crippen MR) is 130 cm³/mol. The van der Waals surface area contributed by atoms with E-state index in [1.807, 2.05) is 19.9 Å². The molecule has 0 fully saturated rings. The van der Waals surface area contributed by atoms with Gasteiger partial charge in [-0.1, -0.05) is 29.8 Å². The third-order valence-electron chi connectivity index (χ3n) is 4.87. The summed E-state index contributed by atoms with van der Waals surface area (Å²) in [7, 11) is -1.25. The molecule has 3 rings (SSSR count). The van der Waals surface area contributed by atoms with E-state index in [-0.39, 0.29) is 10.6 Å². The molecule has 0 aromatic heterocycles. The Labute approximate surface area is 198 Å². The number of methoxy groups -OCH3 is 2. The molecule has 0 unspecified atom stereocenters. The minimum atomic E-state index is -4.14. The van der Waals surface area contributed by atoms with Crippen molar-refractivity contribution in [1.82, 2.24) is 0 Å². The van der Waals surface area contributed by atoms with Crippen molar-refractivity contribution in [2.45, 2.75) is 18.7 Å². The molecule has 0 aliphatic carbocycles. The number of hydrogen-bond donors (Lipinski definition) is 1. The summed E-state index contributed by atoms with van der Waals surface area (Å²) in [4.78, 5) is 12.9. The first kappa shape index (κ1) is 24.4. The third kappa shape index (κ3) is 5.58. The van der Waals surface area contributed by atoms with Gasteiger partial charge in [-0.3, -0.25) is 9.10 Å². The summed E-state index contributed by atoms with van der Waals surface area (Å²) in [5, 5.41) is 3.04. The zero-order valence-corrected chi connectivity index (χ0v) is 20.3. The van der Waals surface area contributed by atoms with Crippen LogP contribution in [0.3, 0.4) is 0 Å². The van der Waals surface area contributed by atoms with Crippen LogP contribution < -0.4 is 19.1 Å². The lowest BCUT2D eigenvalue weighted by Crippen LogP contribution is -2.38. The second-order valence-corrected chi connectivity index (χ2v) is 9.67. The van der Waals surface area contributed by atoms with Crippen LogP contribution in [0, 0.1) is 13.8 Å². The highest BCUT2D eigenvalue weighted by Gasteiger charge is 2.29. The van der Waals surface area contributed by atoms with E-state index in [4.69, 9.17) is 21.1 Å². The highest BCUT2D eigenvalue weighted by Crippen LogP contribution is 2.33. The van der Waals surface area contributed by atoms with Crippen molar-refractivity contribution < 1.29 is 22.7 Å². The Kier molecular flexibility index (Phi) is 7.50. The molecule has 0 bridgehead atoms. The number of ether oxygens (including phenoxy) is 2. The number of rotatable bonds is 8. The minimum Gasteiger partial charge on any atom is -0.493 e. The third-order valence-corrected chi connectivity index (χ3v) is 6.97. The number of benzene rings is 3. The fourth-order valence-corrected chi connectivity index (χ4v) is 5.00. The summed E-state index contributed by atoms with van der Waals surface area (Å²) >= 11 is 6.14. The molecule has 0 aliphatic heterocycles. The van der Waals surface area contributed by atoms with Gasteiger partial charge in [0.1, 0.15) is 6.54 Å². The van der Waals surface area contributed by atoms with Gasteiger partial charge < -0.3 is 14.8 Å². The normalized spacial score (nSPS) is 11.1. The largest absolute Gasteiger partial charge is 0.493 e. The van der Waals surface area contributed by atoms with Gasteiger partial charge in [0.25, 0.3) is 10.0 Å². The first-order valence-corrected chi connectivity index (χ1v) is 11.8. The molecule has 1 N–H and O–H groups in total. The van der Waals surface area contributed by atoms with Crippen LogP contribution in [0.5, 0.6) is 11.5 Å². The van der Waals surface area contributed by atoms with Crippen LogP contribution >= 0.6 is 11.6 Å². The van der Waals surface area contributed by atoms with Gasteiger partial charge in [-0.2, -0.15) is 0 Å². The number of sulfonamides is 1. The summed E-state index contributed by atoms with van der Waals surface area (Å²) in [5.74, 6) is 0.122. The molecule has 0 saturated carbocycles. The maximum absolute atomic E-state index is 13.7. The molecule has 0 radical (unpaired) electrons. The van der Waals surface area contributed by atoms with E-state index in [0.717, 1.165) is 15.4 Å². The van der Waals surface area contributed by atoms with Crippen molar-refractivity contribution in [3.05, 3.63) is 76.8 Å². The molecule has 33 heavy (non-hydrogen) atoms. The van der Waals surface area contributed by atoms with Gasteiger partial charge in [-0.15, -0.1) is 0 Å². The summed E-state index contributed by atoms with van der Waals surface area (Å²) < 4.78 is 39.0. The average Bonchev–Trinajstić information content (AvgIpc) is 2.77. The Hall–Kier alpha value is -3.23. The maximum Gasteiger partial charge on any atom is 0.264 e. The SMILES string of the molecule is COc1ccc(S(=O)(=O)N(CC(=O)Nc2ccccc2Cl)c2cc(C)cc(C)c2)cc1OC. The molecule has 9 heteroatoms. The number of amides is 1. The Morgan fingerprint density at radius 2 is 1.58 bits per heavy atom. The summed E-state index contributed by atoms with van der Waals surface area (Å²) in [5.41, 5.74) is 2.50. The zero-order chi connectivity index (χ0) is 24.2. The molecule has 3 aromatic carbocycles. The average molecular weight is 489 g/mol. The molecular weight excluding hydrogens is 464 g/mol. The van der Waals surface area contributed by atoms with Gasteiger partial charge in [0.05, 0.1) is 35.5 Å². The summed E-state index contributed by atoms with van der Waals surface area (Å²) in [6.45, 7) is 3.27. The Morgan fingerprint density at radius 3 is 2.18 bits per heavy atom. The Balaban J connectivity index is 2.05. The van der Waals surface area contributed by atoms with Crippen LogP contribution in [0.1, 0.15) is 11.1 Å². The summed E-state index contributed by atoms with van der Waals surface area (Å²) in [6.07, 6.45) is 0. The molecule has 0 aliphatic rings. The lowest BCUT2D eigenvalue weighted by atomic mass is 10.1. The maximum atomic E-state index is 13.7. The Morgan fingerprint density at radius 1 is 0.939 bits per heavy atom. The van der Waals surface area contributed by atoms with E-state index >= 15 is 0 Å². The van der Waals surface area contributed by atoms with Crippen molar-refractivity contribution in [2.75, 3.05) is 30.4 Å². The molecule has 0 saturated heterocycles. The van der Waals surface area contributed by atoms with Gasteiger partial charge >= 0.3 is 0 Å². The van der Waals surface area contributed by atoms with Gasteiger partial charge in [0, 0.05) is 6.07 Å². The first-order valence-electron chi connectivity index (χ1n) is 10.0. The molecule has 0 heterocycles. The van der Waals surface area contributed by atoms with E-state index in [1.165, 1.54) is 32.4 Å². The van der Waals surface area contributed by atoms with Crippen LogP contribution in [0.25, 0.3) is 0 Å². The second kappa shape index (κ2) is 10.1. The number of carbonyl (C=O) groups is 1. The smallest absolute Gasteiger partial charge is 0.264 e. The van der Waals surface area contributed by atoms with Crippen LogP contribution in [-0.2, 0) is 14.8 Å². The standard InChI is InChI=1S/C24H25ClN2O5S/c1-16-11-17(2)13-18(12-16)27(15-24(28)26-21-8-6-5-7-20(21)25)33(29,30)19-9-10-22(31-3)23(14-19)32-4/h5-14H,15H2,1-4H3,(H,26,28). The first-order chi connectivity index (χ1) is 15.6. The van der Waals surface area contributed by atoms with Crippen molar-refractivity contribution >= 4 is 38.9 Å². The Bertz CT molecular complexity index is 1260. The number of para-hydroxylation sites is 1. The van der Waals surface area contributed by atoms with Crippen molar-refractivity contribution in [1.29, 1.82) is 0 Å². The monoisotopic (exact) mass is 488 g/mol. The van der Waals surface area contributed by atoms with Gasteiger partial charge in [0.2, 0.25) is 5.91 Å². The number of hydrogen-bond acceptors (Lipinski definition) is 5. The van der Waals surface area contributed by atoms with E-state index in [1.54, 1.807) is 36.4 Å². The number of carbonyl (C=O) groups excluding carboxylic acids is 1. The van der Waals surface area contributed by atoms with Crippen LogP contribution in [0.2, 0.25) is 5.02 Å². The molecule has 3 aromatic rings. The highest BCUT2D eigenvalue weighted by molar-refractivity contribution is 7.92. The molecule has 7 nitrogen and oxygen atoms in total.